The van der Waals surface area contributed by atoms with Gasteiger partial charge in [0.15, 0.2) is 5.16 Å². The molecule has 3 nitrogen and oxygen atoms in total. The molecule has 0 fully saturated rings. The summed E-state index contributed by atoms with van der Waals surface area (Å²) < 4.78 is 20.1. The maximum atomic E-state index is 13.3. The molecule has 0 amide bonds. The van der Waals surface area contributed by atoms with Gasteiger partial charge in [-0.25, -0.2) is 8.91 Å². The first-order valence-electron chi connectivity index (χ1n) is 4.68. The summed E-state index contributed by atoms with van der Waals surface area (Å²) in [6.45, 7) is 3.54. The Hall–Kier alpha value is -1.71. The molecule has 0 atom stereocenters. The van der Waals surface area contributed by atoms with Crippen LogP contribution in [0.2, 0.25) is 0 Å². The van der Waals surface area contributed by atoms with Crippen molar-refractivity contribution in [3.05, 3.63) is 35.5 Å². The SMILES string of the molecule is Cc1ccc(-c2noc(C)[n+]2C)cc1F. The van der Waals surface area contributed by atoms with E-state index in [0.717, 1.165) is 5.56 Å². The molecule has 0 saturated heterocycles. The number of aromatic nitrogens is 2. The first-order valence-corrected chi connectivity index (χ1v) is 4.68. The van der Waals surface area contributed by atoms with Crippen LogP contribution in [0.5, 0.6) is 0 Å². The van der Waals surface area contributed by atoms with Gasteiger partial charge in [0.25, 0.3) is 0 Å². The molecule has 0 saturated carbocycles. The number of halogens is 1. The summed E-state index contributed by atoms with van der Waals surface area (Å²) in [5, 5.41) is 3.88. The van der Waals surface area contributed by atoms with E-state index in [9.17, 15) is 4.39 Å². The van der Waals surface area contributed by atoms with Gasteiger partial charge in [0.1, 0.15) is 5.82 Å². The second-order valence-corrected chi connectivity index (χ2v) is 3.55. The molecule has 15 heavy (non-hydrogen) atoms. The van der Waals surface area contributed by atoms with Gasteiger partial charge in [0.2, 0.25) is 0 Å². The summed E-state index contributed by atoms with van der Waals surface area (Å²) in [5.41, 5.74) is 1.35. The van der Waals surface area contributed by atoms with Gasteiger partial charge in [-0.2, -0.15) is 4.57 Å². The van der Waals surface area contributed by atoms with Crippen LogP contribution in [-0.4, -0.2) is 5.16 Å². The van der Waals surface area contributed by atoms with Gasteiger partial charge >= 0.3 is 11.7 Å². The predicted octanol–water partition coefficient (Wildman–Crippen LogP) is 1.92. The summed E-state index contributed by atoms with van der Waals surface area (Å²) in [6.07, 6.45) is 0. The molecule has 0 bridgehead atoms. The van der Waals surface area contributed by atoms with Crippen molar-refractivity contribution in [3.8, 4) is 11.4 Å². The average molecular weight is 207 g/mol. The normalized spacial score (nSPS) is 10.7. The summed E-state index contributed by atoms with van der Waals surface area (Å²) in [4.78, 5) is 0. The van der Waals surface area contributed by atoms with Gasteiger partial charge in [-0.3, -0.25) is 0 Å². The molecule has 0 spiro atoms. The fourth-order valence-electron chi connectivity index (χ4n) is 1.36. The number of benzene rings is 1. The topological polar surface area (TPSA) is 29.9 Å². The zero-order chi connectivity index (χ0) is 11.0. The highest BCUT2D eigenvalue weighted by molar-refractivity contribution is 5.52. The second-order valence-electron chi connectivity index (χ2n) is 3.55. The smallest absolute Gasteiger partial charge is 0.218 e. The van der Waals surface area contributed by atoms with Crippen LogP contribution in [0.4, 0.5) is 4.39 Å². The second kappa shape index (κ2) is 3.46. The molecule has 0 aliphatic rings. The third-order valence-electron chi connectivity index (χ3n) is 2.48. The Bertz CT molecular complexity index is 505. The Balaban J connectivity index is 2.55. The maximum absolute atomic E-state index is 13.3. The Morgan fingerprint density at radius 3 is 2.60 bits per heavy atom. The van der Waals surface area contributed by atoms with Crippen molar-refractivity contribution in [2.75, 3.05) is 0 Å². The van der Waals surface area contributed by atoms with Crippen molar-refractivity contribution in [1.29, 1.82) is 0 Å². The van der Waals surface area contributed by atoms with E-state index in [4.69, 9.17) is 4.52 Å². The molecule has 0 unspecified atom stereocenters. The first-order chi connectivity index (χ1) is 7.09. The van der Waals surface area contributed by atoms with Gasteiger partial charge < -0.3 is 0 Å². The first kappa shape index (κ1) is 9.83. The minimum atomic E-state index is -0.229. The Morgan fingerprint density at radius 2 is 2.07 bits per heavy atom. The molecular formula is C11H12FN2O+. The molecule has 1 aromatic carbocycles. The van der Waals surface area contributed by atoms with Gasteiger partial charge in [-0.1, -0.05) is 6.07 Å². The number of hydrogen-bond acceptors (Lipinski definition) is 2. The van der Waals surface area contributed by atoms with Crippen molar-refractivity contribution in [3.63, 3.8) is 0 Å². The average Bonchev–Trinajstić information content (AvgIpc) is 2.53. The molecule has 2 aromatic rings. The van der Waals surface area contributed by atoms with Crippen LogP contribution < -0.4 is 4.57 Å². The zero-order valence-corrected chi connectivity index (χ0v) is 8.91. The molecule has 0 aliphatic heterocycles. The lowest BCUT2D eigenvalue weighted by molar-refractivity contribution is -0.671. The van der Waals surface area contributed by atoms with Crippen LogP contribution >= 0.6 is 0 Å². The van der Waals surface area contributed by atoms with Gasteiger partial charge in [-0.15, -0.1) is 0 Å². The number of nitrogens with zero attached hydrogens (tertiary/aromatic N) is 2. The van der Waals surface area contributed by atoms with Crippen LogP contribution in [-0.2, 0) is 7.05 Å². The highest BCUT2D eigenvalue weighted by Crippen LogP contribution is 2.17. The highest BCUT2D eigenvalue weighted by atomic mass is 19.1. The van der Waals surface area contributed by atoms with E-state index in [1.165, 1.54) is 6.07 Å². The molecule has 1 aromatic heterocycles. The van der Waals surface area contributed by atoms with E-state index in [0.29, 0.717) is 17.3 Å². The number of rotatable bonds is 1. The molecule has 2 rings (SSSR count). The van der Waals surface area contributed by atoms with Gasteiger partial charge in [-0.05, 0) is 24.6 Å². The third-order valence-corrected chi connectivity index (χ3v) is 2.48. The summed E-state index contributed by atoms with van der Waals surface area (Å²) >= 11 is 0. The molecule has 0 aliphatic carbocycles. The van der Waals surface area contributed by atoms with E-state index in [-0.39, 0.29) is 5.82 Å². The minimum Gasteiger partial charge on any atom is -0.218 e. The monoisotopic (exact) mass is 207 g/mol. The van der Waals surface area contributed by atoms with Crippen molar-refractivity contribution >= 4 is 0 Å². The van der Waals surface area contributed by atoms with Crippen molar-refractivity contribution in [2.45, 2.75) is 13.8 Å². The van der Waals surface area contributed by atoms with E-state index in [1.54, 1.807) is 24.5 Å². The predicted molar refractivity (Wildman–Crippen MR) is 52.5 cm³/mol. The number of hydrogen-bond donors (Lipinski definition) is 0. The highest BCUT2D eigenvalue weighted by Gasteiger charge is 2.20. The Morgan fingerprint density at radius 1 is 1.33 bits per heavy atom. The quantitative estimate of drug-likeness (QED) is 0.669. The van der Waals surface area contributed by atoms with Crippen molar-refractivity contribution in [2.24, 2.45) is 7.05 Å². The van der Waals surface area contributed by atoms with Crippen molar-refractivity contribution in [1.82, 2.24) is 5.16 Å². The van der Waals surface area contributed by atoms with Crippen LogP contribution in [0.1, 0.15) is 11.5 Å². The molecule has 0 N–H and O–H groups in total. The lowest BCUT2D eigenvalue weighted by Gasteiger charge is -1.96. The van der Waals surface area contributed by atoms with Gasteiger partial charge in [0.05, 0.1) is 12.6 Å². The van der Waals surface area contributed by atoms with Crippen LogP contribution in [0.25, 0.3) is 11.4 Å². The summed E-state index contributed by atoms with van der Waals surface area (Å²) in [5.74, 6) is 1.09. The van der Waals surface area contributed by atoms with E-state index in [1.807, 2.05) is 13.1 Å². The minimum absolute atomic E-state index is 0.229. The third kappa shape index (κ3) is 1.63. The summed E-state index contributed by atoms with van der Waals surface area (Å²) in [6, 6.07) is 5.02. The van der Waals surface area contributed by atoms with E-state index in [2.05, 4.69) is 5.16 Å². The van der Waals surface area contributed by atoms with Crippen molar-refractivity contribution < 1.29 is 13.5 Å². The largest absolute Gasteiger partial charge is 0.380 e. The molecular weight excluding hydrogens is 195 g/mol. The maximum Gasteiger partial charge on any atom is 0.380 e. The fraction of sp³-hybridized carbons (Fsp3) is 0.273. The Labute approximate surface area is 87.1 Å². The van der Waals surface area contributed by atoms with Gasteiger partial charge in [0, 0.05) is 6.92 Å². The van der Waals surface area contributed by atoms with Crippen LogP contribution in [0.3, 0.4) is 0 Å². The Kier molecular flexibility index (Phi) is 2.26. The lowest BCUT2D eigenvalue weighted by atomic mass is 10.1. The number of aryl methyl sites for hydroxylation is 2. The van der Waals surface area contributed by atoms with E-state index >= 15 is 0 Å². The fourth-order valence-corrected chi connectivity index (χ4v) is 1.36. The molecule has 1 heterocycles. The van der Waals surface area contributed by atoms with E-state index < -0.39 is 0 Å². The zero-order valence-electron chi connectivity index (χ0n) is 8.91. The molecule has 0 radical (unpaired) electrons. The lowest BCUT2D eigenvalue weighted by Crippen LogP contribution is -2.31. The molecule has 4 heteroatoms. The summed E-state index contributed by atoms with van der Waals surface area (Å²) in [7, 11) is 1.83. The standard InChI is InChI=1S/C11H12FN2O/c1-7-4-5-9(6-10(7)12)11-13-15-8(2)14(11)3/h4-6H,1-3H3/q+1. The molecule has 78 valence electrons. The van der Waals surface area contributed by atoms with Crippen LogP contribution in [0.15, 0.2) is 22.7 Å². The van der Waals surface area contributed by atoms with Crippen LogP contribution in [0, 0.1) is 19.7 Å².